The Hall–Kier alpha value is -2.09. The minimum Gasteiger partial charge on any atom is -0.355 e. The van der Waals surface area contributed by atoms with Gasteiger partial charge in [-0.3, -0.25) is 9.59 Å². The molecule has 1 rings (SSSR count). The molecule has 0 radical (unpaired) electrons. The van der Waals surface area contributed by atoms with Crippen molar-refractivity contribution in [3.63, 3.8) is 0 Å². The zero-order valence-electron chi connectivity index (χ0n) is 10.9. The summed E-state index contributed by atoms with van der Waals surface area (Å²) in [4.78, 5) is 23.8. The number of nitriles is 1. The van der Waals surface area contributed by atoms with Crippen molar-refractivity contribution in [2.75, 3.05) is 6.54 Å². The lowest BCUT2D eigenvalue weighted by Crippen LogP contribution is -2.35. The Bertz CT molecular complexity index is 497. The number of nitrogens with one attached hydrogen (secondary N) is 1. The first-order valence-corrected chi connectivity index (χ1v) is 5.86. The third kappa shape index (κ3) is 2.77. The van der Waals surface area contributed by atoms with Gasteiger partial charge in [-0.2, -0.15) is 5.26 Å². The summed E-state index contributed by atoms with van der Waals surface area (Å²) in [5, 5.41) is 11.6. The van der Waals surface area contributed by atoms with Crippen molar-refractivity contribution < 1.29 is 9.59 Å². The summed E-state index contributed by atoms with van der Waals surface area (Å²) < 4.78 is 1.68. The van der Waals surface area contributed by atoms with Gasteiger partial charge in [0.15, 0.2) is 5.92 Å². The topological polar surface area (TPSA) is 74.9 Å². The molecule has 1 heterocycles. The van der Waals surface area contributed by atoms with E-state index in [1.54, 1.807) is 29.8 Å². The highest BCUT2D eigenvalue weighted by atomic mass is 16.2. The molecule has 1 aromatic heterocycles. The average Bonchev–Trinajstić information content (AvgIpc) is 2.68. The number of hydrogen-bond donors (Lipinski definition) is 1. The molecule has 0 saturated carbocycles. The van der Waals surface area contributed by atoms with Gasteiger partial charge in [-0.25, -0.2) is 0 Å². The summed E-state index contributed by atoms with van der Waals surface area (Å²) in [7, 11) is 1.74. The van der Waals surface area contributed by atoms with Gasteiger partial charge in [0, 0.05) is 19.3 Å². The van der Waals surface area contributed by atoms with Crippen LogP contribution in [0.15, 0.2) is 12.1 Å². The first kappa shape index (κ1) is 14.0. The number of carbonyl (C=O) groups excluding carboxylic acids is 2. The second-order valence-corrected chi connectivity index (χ2v) is 4.14. The smallest absolute Gasteiger partial charge is 0.245 e. The molecule has 96 valence electrons. The standard InChI is InChI=1S/C13H17N3O2/c1-4-7-15-13(18)10(8-14)12(17)11-6-5-9(2)16(11)3/h5-6,10H,4,7H2,1-3H3,(H,15,18). The Labute approximate surface area is 106 Å². The lowest BCUT2D eigenvalue weighted by molar-refractivity contribution is -0.122. The first-order chi connectivity index (χ1) is 8.52. The van der Waals surface area contributed by atoms with E-state index in [-0.39, 0.29) is 0 Å². The summed E-state index contributed by atoms with van der Waals surface area (Å²) in [6.07, 6.45) is 0.765. The number of aryl methyl sites for hydroxylation is 1. The number of Topliss-reactive ketones (excluding diaryl/α,β-unsaturated/α-hetero) is 1. The van der Waals surface area contributed by atoms with Crippen molar-refractivity contribution in [3.05, 3.63) is 23.5 Å². The molecule has 0 bridgehead atoms. The third-order valence-electron chi connectivity index (χ3n) is 2.83. The van der Waals surface area contributed by atoms with Gasteiger partial charge < -0.3 is 9.88 Å². The van der Waals surface area contributed by atoms with Gasteiger partial charge in [-0.15, -0.1) is 0 Å². The molecule has 0 aromatic carbocycles. The molecule has 1 atom stereocenters. The second-order valence-electron chi connectivity index (χ2n) is 4.14. The van der Waals surface area contributed by atoms with Crippen LogP contribution in [-0.2, 0) is 11.8 Å². The van der Waals surface area contributed by atoms with Crippen LogP contribution in [0.25, 0.3) is 0 Å². The SMILES string of the molecule is CCCNC(=O)C(C#N)C(=O)c1ccc(C)n1C. The molecule has 0 spiro atoms. The van der Waals surface area contributed by atoms with Crippen LogP contribution >= 0.6 is 0 Å². The number of rotatable bonds is 5. The van der Waals surface area contributed by atoms with Crippen molar-refractivity contribution in [1.29, 1.82) is 5.26 Å². The lowest BCUT2D eigenvalue weighted by Gasteiger charge is -2.10. The highest BCUT2D eigenvalue weighted by Gasteiger charge is 2.28. The predicted octanol–water partition coefficient (Wildman–Crippen LogP) is 1.18. The highest BCUT2D eigenvalue weighted by Crippen LogP contribution is 2.12. The Kier molecular flexibility index (Phi) is 4.67. The van der Waals surface area contributed by atoms with E-state index in [2.05, 4.69) is 5.32 Å². The van der Waals surface area contributed by atoms with Crippen molar-refractivity contribution in [2.45, 2.75) is 20.3 Å². The first-order valence-electron chi connectivity index (χ1n) is 5.86. The Morgan fingerprint density at radius 1 is 1.50 bits per heavy atom. The number of ketones is 1. The van der Waals surface area contributed by atoms with Crippen LogP contribution in [0.5, 0.6) is 0 Å². The molecular formula is C13H17N3O2. The lowest BCUT2D eigenvalue weighted by atomic mass is 10.0. The van der Waals surface area contributed by atoms with Crippen LogP contribution in [0.4, 0.5) is 0 Å². The van der Waals surface area contributed by atoms with Crippen LogP contribution in [0.3, 0.4) is 0 Å². The largest absolute Gasteiger partial charge is 0.355 e. The fourth-order valence-electron chi connectivity index (χ4n) is 1.60. The number of carbonyl (C=O) groups is 2. The zero-order valence-corrected chi connectivity index (χ0v) is 10.9. The van der Waals surface area contributed by atoms with Gasteiger partial charge in [0.2, 0.25) is 11.7 Å². The molecule has 0 saturated heterocycles. The van der Waals surface area contributed by atoms with Crippen molar-refractivity contribution >= 4 is 11.7 Å². The maximum absolute atomic E-state index is 12.1. The van der Waals surface area contributed by atoms with Gasteiger partial charge in [0.25, 0.3) is 0 Å². The number of amides is 1. The highest BCUT2D eigenvalue weighted by molar-refractivity contribution is 6.11. The third-order valence-corrected chi connectivity index (χ3v) is 2.83. The van der Waals surface area contributed by atoms with Crippen LogP contribution < -0.4 is 5.32 Å². The van der Waals surface area contributed by atoms with Crippen molar-refractivity contribution in [1.82, 2.24) is 9.88 Å². The van der Waals surface area contributed by atoms with Crippen molar-refractivity contribution in [3.8, 4) is 6.07 Å². The minimum absolute atomic E-state index is 0.380. The Morgan fingerprint density at radius 3 is 2.61 bits per heavy atom. The van der Waals surface area contributed by atoms with Crippen molar-refractivity contribution in [2.24, 2.45) is 13.0 Å². The number of nitrogens with zero attached hydrogens (tertiary/aromatic N) is 2. The molecule has 5 nitrogen and oxygen atoms in total. The predicted molar refractivity (Wildman–Crippen MR) is 66.9 cm³/mol. The molecule has 1 aromatic rings. The fraction of sp³-hybridized carbons (Fsp3) is 0.462. The van der Waals surface area contributed by atoms with Gasteiger partial charge in [-0.05, 0) is 25.5 Å². The maximum atomic E-state index is 12.1. The van der Waals surface area contributed by atoms with E-state index < -0.39 is 17.6 Å². The summed E-state index contributed by atoms with van der Waals surface area (Å²) in [5.41, 5.74) is 1.29. The second kappa shape index (κ2) is 6.01. The van der Waals surface area contributed by atoms with E-state index >= 15 is 0 Å². The van der Waals surface area contributed by atoms with Crippen LogP contribution in [-0.4, -0.2) is 22.8 Å². The quantitative estimate of drug-likeness (QED) is 0.627. The van der Waals surface area contributed by atoms with E-state index in [0.29, 0.717) is 12.2 Å². The summed E-state index contributed by atoms with van der Waals surface area (Å²) in [6.45, 7) is 4.23. The molecule has 0 aliphatic carbocycles. The average molecular weight is 247 g/mol. The van der Waals surface area contributed by atoms with Gasteiger partial charge in [0.05, 0.1) is 11.8 Å². The van der Waals surface area contributed by atoms with E-state index in [9.17, 15) is 9.59 Å². The maximum Gasteiger partial charge on any atom is 0.245 e. The monoisotopic (exact) mass is 247 g/mol. The van der Waals surface area contributed by atoms with Crippen LogP contribution in [0.1, 0.15) is 29.5 Å². The van der Waals surface area contributed by atoms with Gasteiger partial charge >= 0.3 is 0 Å². The van der Waals surface area contributed by atoms with E-state index in [1.807, 2.05) is 13.8 Å². The van der Waals surface area contributed by atoms with Crippen LogP contribution in [0, 0.1) is 24.2 Å². The Balaban J connectivity index is 2.90. The normalized spacial score (nSPS) is 11.7. The summed E-state index contributed by atoms with van der Waals surface area (Å²) in [6, 6.07) is 5.19. The minimum atomic E-state index is -1.27. The molecule has 0 aliphatic rings. The summed E-state index contributed by atoms with van der Waals surface area (Å²) >= 11 is 0. The zero-order chi connectivity index (χ0) is 13.7. The molecule has 5 heteroatoms. The van der Waals surface area contributed by atoms with Gasteiger partial charge in [0.1, 0.15) is 0 Å². The van der Waals surface area contributed by atoms with E-state index in [0.717, 1.165) is 12.1 Å². The van der Waals surface area contributed by atoms with E-state index in [1.165, 1.54) is 0 Å². The number of hydrogen-bond acceptors (Lipinski definition) is 3. The molecule has 1 amide bonds. The van der Waals surface area contributed by atoms with Crippen LogP contribution in [0.2, 0.25) is 0 Å². The molecular weight excluding hydrogens is 230 g/mol. The molecule has 0 aliphatic heterocycles. The van der Waals surface area contributed by atoms with Gasteiger partial charge in [-0.1, -0.05) is 6.92 Å². The molecule has 0 fully saturated rings. The molecule has 18 heavy (non-hydrogen) atoms. The summed E-state index contributed by atoms with van der Waals surface area (Å²) in [5.74, 6) is -2.26. The number of aromatic nitrogens is 1. The Morgan fingerprint density at radius 2 is 2.17 bits per heavy atom. The van der Waals surface area contributed by atoms with E-state index in [4.69, 9.17) is 5.26 Å². The molecule has 1 unspecified atom stereocenters. The molecule has 1 N–H and O–H groups in total. The fourth-order valence-corrected chi connectivity index (χ4v) is 1.60.